The van der Waals surface area contributed by atoms with Crippen LogP contribution in [0.2, 0.25) is 0 Å². The van der Waals surface area contributed by atoms with E-state index in [2.05, 4.69) is 0 Å². The van der Waals surface area contributed by atoms with Crippen molar-refractivity contribution in [3.63, 3.8) is 0 Å². The Morgan fingerprint density at radius 2 is 1.93 bits per heavy atom. The molecule has 140 valence electrons. The van der Waals surface area contributed by atoms with Crippen molar-refractivity contribution >= 4 is 28.7 Å². The summed E-state index contributed by atoms with van der Waals surface area (Å²) in [5.41, 5.74) is 2.93. The zero-order chi connectivity index (χ0) is 19.6. The van der Waals surface area contributed by atoms with Gasteiger partial charge in [-0.1, -0.05) is 12.1 Å². The van der Waals surface area contributed by atoms with Crippen LogP contribution in [0.25, 0.3) is 11.0 Å². The van der Waals surface area contributed by atoms with E-state index in [9.17, 15) is 9.59 Å². The smallest absolute Gasteiger partial charge is 0.342 e. The van der Waals surface area contributed by atoms with Gasteiger partial charge >= 0.3 is 11.6 Å². The molecular formula is C21H20O5S. The highest BCUT2D eigenvalue weighted by Gasteiger charge is 2.16. The predicted molar refractivity (Wildman–Crippen MR) is 106 cm³/mol. The molecule has 0 saturated heterocycles. The normalized spacial score (nSPS) is 10.8. The highest BCUT2D eigenvalue weighted by atomic mass is 32.2. The van der Waals surface area contributed by atoms with E-state index in [0.717, 1.165) is 21.4 Å². The summed E-state index contributed by atoms with van der Waals surface area (Å²) in [6.45, 7) is 3.82. The van der Waals surface area contributed by atoms with Crippen molar-refractivity contribution < 1.29 is 18.7 Å². The number of hydrogen-bond donors (Lipinski definition) is 0. The Morgan fingerprint density at radius 1 is 1.15 bits per heavy atom. The SMILES string of the molecule is COc1cc(SC)ccc1C(=O)OCc1cc(=O)oc2c(C)c(C)ccc12. The average molecular weight is 384 g/mol. The number of fused-ring (bicyclic) bond motifs is 1. The molecule has 0 spiro atoms. The fourth-order valence-corrected chi connectivity index (χ4v) is 3.26. The minimum absolute atomic E-state index is 0.0309. The van der Waals surface area contributed by atoms with Crippen molar-refractivity contribution in [3.05, 3.63) is 69.1 Å². The number of ether oxygens (including phenoxy) is 2. The molecule has 0 saturated carbocycles. The van der Waals surface area contributed by atoms with Crippen LogP contribution < -0.4 is 10.4 Å². The molecule has 3 rings (SSSR count). The van der Waals surface area contributed by atoms with Gasteiger partial charge in [-0.25, -0.2) is 9.59 Å². The molecule has 0 aliphatic heterocycles. The van der Waals surface area contributed by atoms with Crippen LogP contribution in [0, 0.1) is 13.8 Å². The summed E-state index contributed by atoms with van der Waals surface area (Å²) in [7, 11) is 1.51. The molecule has 2 aromatic carbocycles. The fraction of sp³-hybridized carbons (Fsp3) is 0.238. The number of benzene rings is 2. The molecule has 1 aromatic heterocycles. The predicted octanol–water partition coefficient (Wildman–Crippen LogP) is 4.50. The monoisotopic (exact) mass is 384 g/mol. The van der Waals surface area contributed by atoms with Gasteiger partial charge in [0.05, 0.1) is 7.11 Å². The largest absolute Gasteiger partial charge is 0.496 e. The van der Waals surface area contributed by atoms with Gasteiger partial charge in [0, 0.05) is 21.9 Å². The molecule has 0 radical (unpaired) electrons. The maximum absolute atomic E-state index is 12.5. The fourth-order valence-electron chi connectivity index (χ4n) is 2.83. The summed E-state index contributed by atoms with van der Waals surface area (Å²) in [6, 6.07) is 10.5. The Morgan fingerprint density at radius 3 is 2.63 bits per heavy atom. The van der Waals surface area contributed by atoms with Crippen LogP contribution in [0.15, 0.2) is 50.5 Å². The Kier molecular flexibility index (Phi) is 5.56. The molecule has 0 aliphatic rings. The zero-order valence-corrected chi connectivity index (χ0v) is 16.4. The molecule has 6 heteroatoms. The Balaban J connectivity index is 1.90. The summed E-state index contributed by atoms with van der Waals surface area (Å²) in [6.07, 6.45) is 1.95. The minimum Gasteiger partial charge on any atom is -0.496 e. The lowest BCUT2D eigenvalue weighted by molar-refractivity contribution is 0.0470. The number of methoxy groups -OCH3 is 1. The first-order chi connectivity index (χ1) is 12.9. The van der Waals surface area contributed by atoms with Gasteiger partial charge in [-0.2, -0.15) is 0 Å². The van der Waals surface area contributed by atoms with Gasteiger partial charge in [0.1, 0.15) is 23.5 Å². The van der Waals surface area contributed by atoms with Gasteiger partial charge in [0.25, 0.3) is 0 Å². The minimum atomic E-state index is -0.510. The summed E-state index contributed by atoms with van der Waals surface area (Å²) in [5, 5.41) is 0.759. The van der Waals surface area contributed by atoms with Crippen molar-refractivity contribution in [1.82, 2.24) is 0 Å². The maximum Gasteiger partial charge on any atom is 0.342 e. The summed E-state index contributed by atoms with van der Waals surface area (Å²) in [4.78, 5) is 25.4. The average Bonchev–Trinajstić information content (AvgIpc) is 2.68. The van der Waals surface area contributed by atoms with Crippen LogP contribution in [-0.2, 0) is 11.3 Å². The molecule has 0 amide bonds. The van der Waals surface area contributed by atoms with Crippen LogP contribution in [-0.4, -0.2) is 19.3 Å². The van der Waals surface area contributed by atoms with Crippen LogP contribution in [0.1, 0.15) is 27.0 Å². The summed E-state index contributed by atoms with van der Waals surface area (Å²) < 4.78 is 16.1. The molecule has 5 nitrogen and oxygen atoms in total. The lowest BCUT2D eigenvalue weighted by Crippen LogP contribution is -2.09. The van der Waals surface area contributed by atoms with Gasteiger partial charge in [0.15, 0.2) is 0 Å². The first-order valence-electron chi connectivity index (χ1n) is 8.36. The van der Waals surface area contributed by atoms with Gasteiger partial charge in [0.2, 0.25) is 0 Å². The second-order valence-corrected chi connectivity index (χ2v) is 7.00. The van der Waals surface area contributed by atoms with E-state index in [1.807, 2.05) is 38.3 Å². The third-order valence-corrected chi connectivity index (χ3v) is 5.23. The topological polar surface area (TPSA) is 65.7 Å². The second kappa shape index (κ2) is 7.88. The Bertz CT molecular complexity index is 1070. The molecule has 1 heterocycles. The number of rotatable bonds is 5. The van der Waals surface area contributed by atoms with Gasteiger partial charge in [-0.15, -0.1) is 11.8 Å². The van der Waals surface area contributed by atoms with E-state index < -0.39 is 11.6 Å². The van der Waals surface area contributed by atoms with Gasteiger partial charge in [-0.3, -0.25) is 0 Å². The van der Waals surface area contributed by atoms with Crippen LogP contribution in [0.3, 0.4) is 0 Å². The molecule has 0 fully saturated rings. The van der Waals surface area contributed by atoms with E-state index in [1.54, 1.807) is 23.9 Å². The van der Waals surface area contributed by atoms with Crippen LogP contribution >= 0.6 is 11.8 Å². The van der Waals surface area contributed by atoms with E-state index in [1.165, 1.54) is 13.2 Å². The zero-order valence-electron chi connectivity index (χ0n) is 15.6. The second-order valence-electron chi connectivity index (χ2n) is 6.12. The third-order valence-electron chi connectivity index (χ3n) is 4.50. The highest BCUT2D eigenvalue weighted by Crippen LogP contribution is 2.27. The molecule has 0 atom stereocenters. The number of carbonyl (C=O) groups excluding carboxylic acids is 1. The van der Waals surface area contributed by atoms with E-state index in [0.29, 0.717) is 22.5 Å². The molecule has 27 heavy (non-hydrogen) atoms. The summed E-state index contributed by atoms with van der Waals surface area (Å²) >= 11 is 1.56. The quantitative estimate of drug-likeness (QED) is 0.367. The van der Waals surface area contributed by atoms with Crippen molar-refractivity contribution in [3.8, 4) is 5.75 Å². The first-order valence-corrected chi connectivity index (χ1v) is 9.59. The molecule has 0 bridgehead atoms. The van der Waals surface area contributed by atoms with Crippen molar-refractivity contribution in [1.29, 1.82) is 0 Å². The Labute approximate surface area is 161 Å². The van der Waals surface area contributed by atoms with Crippen LogP contribution in [0.4, 0.5) is 0 Å². The highest BCUT2D eigenvalue weighted by molar-refractivity contribution is 7.98. The van der Waals surface area contributed by atoms with Crippen molar-refractivity contribution in [2.24, 2.45) is 0 Å². The standard InChI is InChI=1S/C21H20O5S/c1-12-5-7-16-14(9-19(22)26-20(16)13(12)2)11-25-21(23)17-8-6-15(27-4)10-18(17)24-3/h5-10H,11H2,1-4H3. The number of carbonyl (C=O) groups is 1. The van der Waals surface area contributed by atoms with Gasteiger partial charge < -0.3 is 13.9 Å². The molecule has 3 aromatic rings. The van der Waals surface area contributed by atoms with Crippen LogP contribution in [0.5, 0.6) is 5.75 Å². The van der Waals surface area contributed by atoms with E-state index in [4.69, 9.17) is 13.9 Å². The number of hydrogen-bond acceptors (Lipinski definition) is 6. The number of aryl methyl sites for hydroxylation is 2. The lowest BCUT2D eigenvalue weighted by atomic mass is 10.0. The maximum atomic E-state index is 12.5. The number of esters is 1. The third kappa shape index (κ3) is 3.85. The molecule has 0 unspecified atom stereocenters. The molecule has 0 aliphatic carbocycles. The molecular weight excluding hydrogens is 364 g/mol. The lowest BCUT2D eigenvalue weighted by Gasteiger charge is -2.12. The van der Waals surface area contributed by atoms with E-state index in [-0.39, 0.29) is 6.61 Å². The Hall–Kier alpha value is -2.73. The molecule has 0 N–H and O–H groups in total. The van der Waals surface area contributed by atoms with Gasteiger partial charge in [-0.05, 0) is 49.4 Å². The van der Waals surface area contributed by atoms with Crippen molar-refractivity contribution in [2.75, 3.05) is 13.4 Å². The van der Waals surface area contributed by atoms with E-state index >= 15 is 0 Å². The van der Waals surface area contributed by atoms with Crippen molar-refractivity contribution in [2.45, 2.75) is 25.3 Å². The number of thioether (sulfide) groups is 1. The summed E-state index contributed by atoms with van der Waals surface area (Å²) in [5.74, 6) is -0.0551. The first kappa shape index (κ1) is 19.0.